The molecule has 1 heterocycles. The SMILES string of the molecule is CCc1cc(CC)c2c(c1C)OC(C)(C)CC2NOC. The first-order valence-electron chi connectivity index (χ1n) is 7.56. The topological polar surface area (TPSA) is 30.5 Å². The zero-order valence-electron chi connectivity index (χ0n) is 13.6. The van der Waals surface area contributed by atoms with Crippen molar-refractivity contribution in [2.45, 2.75) is 65.5 Å². The molecular formula is C17H27NO2. The van der Waals surface area contributed by atoms with E-state index in [9.17, 15) is 0 Å². The Morgan fingerprint density at radius 3 is 2.50 bits per heavy atom. The maximum Gasteiger partial charge on any atom is 0.128 e. The van der Waals surface area contributed by atoms with Crippen LogP contribution in [-0.2, 0) is 17.7 Å². The summed E-state index contributed by atoms with van der Waals surface area (Å²) in [6, 6.07) is 2.53. The molecule has 0 fully saturated rings. The second-order valence-electron chi connectivity index (χ2n) is 6.21. The van der Waals surface area contributed by atoms with Crippen LogP contribution in [-0.4, -0.2) is 12.7 Å². The van der Waals surface area contributed by atoms with Gasteiger partial charge in [0, 0.05) is 12.0 Å². The second kappa shape index (κ2) is 5.74. The molecule has 1 aromatic rings. The van der Waals surface area contributed by atoms with Crippen molar-refractivity contribution >= 4 is 0 Å². The largest absolute Gasteiger partial charge is 0.487 e. The van der Waals surface area contributed by atoms with E-state index in [-0.39, 0.29) is 11.6 Å². The van der Waals surface area contributed by atoms with Crippen LogP contribution in [0.15, 0.2) is 6.07 Å². The molecule has 112 valence electrons. The normalized spacial score (nSPS) is 20.4. The van der Waals surface area contributed by atoms with Crippen molar-refractivity contribution in [1.82, 2.24) is 5.48 Å². The van der Waals surface area contributed by atoms with Crippen LogP contribution in [0.3, 0.4) is 0 Å². The second-order valence-corrected chi connectivity index (χ2v) is 6.21. The Labute approximate surface area is 122 Å². The van der Waals surface area contributed by atoms with Crippen molar-refractivity contribution in [2.24, 2.45) is 0 Å². The Hall–Kier alpha value is -1.06. The summed E-state index contributed by atoms with van der Waals surface area (Å²) < 4.78 is 6.32. The summed E-state index contributed by atoms with van der Waals surface area (Å²) in [6.45, 7) is 10.9. The van der Waals surface area contributed by atoms with Gasteiger partial charge < -0.3 is 9.57 Å². The van der Waals surface area contributed by atoms with E-state index in [0.29, 0.717) is 0 Å². The smallest absolute Gasteiger partial charge is 0.128 e. The van der Waals surface area contributed by atoms with E-state index in [1.165, 1.54) is 22.3 Å². The highest BCUT2D eigenvalue weighted by atomic mass is 16.6. The Bertz CT molecular complexity index is 494. The monoisotopic (exact) mass is 277 g/mol. The van der Waals surface area contributed by atoms with Crippen molar-refractivity contribution in [3.05, 3.63) is 28.3 Å². The fourth-order valence-electron chi connectivity index (χ4n) is 3.22. The molecule has 0 amide bonds. The average molecular weight is 277 g/mol. The molecule has 0 spiro atoms. The molecule has 3 heteroatoms. The summed E-state index contributed by atoms with van der Waals surface area (Å²) >= 11 is 0. The van der Waals surface area contributed by atoms with Gasteiger partial charge in [0.15, 0.2) is 0 Å². The average Bonchev–Trinajstić information content (AvgIpc) is 2.39. The number of aryl methyl sites for hydroxylation is 2. The van der Waals surface area contributed by atoms with E-state index in [0.717, 1.165) is 25.0 Å². The molecule has 0 saturated carbocycles. The van der Waals surface area contributed by atoms with E-state index in [4.69, 9.17) is 9.57 Å². The number of hydrogen-bond donors (Lipinski definition) is 1. The molecule has 3 nitrogen and oxygen atoms in total. The lowest BCUT2D eigenvalue weighted by atomic mass is 9.84. The number of ether oxygens (including phenoxy) is 1. The number of hydroxylamine groups is 1. The van der Waals surface area contributed by atoms with Gasteiger partial charge in [-0.15, -0.1) is 0 Å². The molecule has 0 aromatic heterocycles. The predicted octanol–water partition coefficient (Wildman–Crippen LogP) is 3.87. The number of benzene rings is 1. The summed E-state index contributed by atoms with van der Waals surface area (Å²) in [4.78, 5) is 5.22. The molecule has 1 N–H and O–H groups in total. The molecule has 1 unspecified atom stereocenters. The maximum absolute atomic E-state index is 6.32. The molecular weight excluding hydrogens is 250 g/mol. The number of hydrogen-bond acceptors (Lipinski definition) is 3. The van der Waals surface area contributed by atoms with E-state index in [1.807, 2.05) is 0 Å². The number of fused-ring (bicyclic) bond motifs is 1. The van der Waals surface area contributed by atoms with Gasteiger partial charge in [0.05, 0.1) is 13.2 Å². The lowest BCUT2D eigenvalue weighted by Gasteiger charge is -2.40. The highest BCUT2D eigenvalue weighted by molar-refractivity contribution is 5.53. The predicted molar refractivity (Wildman–Crippen MR) is 82.1 cm³/mol. The van der Waals surface area contributed by atoms with Crippen LogP contribution in [0.5, 0.6) is 5.75 Å². The van der Waals surface area contributed by atoms with Crippen LogP contribution in [0.1, 0.15) is 62.4 Å². The van der Waals surface area contributed by atoms with Gasteiger partial charge in [0.1, 0.15) is 11.4 Å². The van der Waals surface area contributed by atoms with Crippen molar-refractivity contribution in [2.75, 3.05) is 7.11 Å². The van der Waals surface area contributed by atoms with Crippen LogP contribution in [0.2, 0.25) is 0 Å². The van der Waals surface area contributed by atoms with Crippen LogP contribution >= 0.6 is 0 Å². The minimum atomic E-state index is -0.175. The quantitative estimate of drug-likeness (QED) is 0.847. The van der Waals surface area contributed by atoms with Crippen molar-refractivity contribution in [1.29, 1.82) is 0 Å². The summed E-state index contributed by atoms with van der Waals surface area (Å²) in [5, 5.41) is 0. The van der Waals surface area contributed by atoms with Crippen molar-refractivity contribution in [3.63, 3.8) is 0 Å². The van der Waals surface area contributed by atoms with Crippen LogP contribution in [0.25, 0.3) is 0 Å². The minimum absolute atomic E-state index is 0.175. The third-order valence-electron chi connectivity index (χ3n) is 4.21. The Kier molecular flexibility index (Phi) is 4.40. The first-order valence-corrected chi connectivity index (χ1v) is 7.56. The summed E-state index contributed by atoms with van der Waals surface area (Å²) in [6.07, 6.45) is 2.96. The fraction of sp³-hybridized carbons (Fsp3) is 0.647. The summed E-state index contributed by atoms with van der Waals surface area (Å²) in [7, 11) is 1.68. The van der Waals surface area contributed by atoms with Crippen molar-refractivity contribution in [3.8, 4) is 5.75 Å². The van der Waals surface area contributed by atoms with E-state index in [1.54, 1.807) is 7.11 Å². The third kappa shape index (κ3) is 2.70. The van der Waals surface area contributed by atoms with E-state index in [2.05, 4.69) is 46.2 Å². The number of rotatable bonds is 4. The molecule has 2 rings (SSSR count). The van der Waals surface area contributed by atoms with Gasteiger partial charge in [-0.2, -0.15) is 5.48 Å². The highest BCUT2D eigenvalue weighted by Crippen LogP contribution is 2.44. The highest BCUT2D eigenvalue weighted by Gasteiger charge is 2.36. The molecule has 1 aliphatic heterocycles. The van der Waals surface area contributed by atoms with Gasteiger partial charge in [0.25, 0.3) is 0 Å². The Morgan fingerprint density at radius 1 is 1.30 bits per heavy atom. The standard InChI is InChI=1S/C17H27NO2/c1-7-12-9-13(8-2)15-14(18-19-6)10-17(4,5)20-16(15)11(12)3/h9,14,18H,7-8,10H2,1-6H3. The lowest BCUT2D eigenvalue weighted by Crippen LogP contribution is -2.40. The fourth-order valence-corrected chi connectivity index (χ4v) is 3.22. The first-order chi connectivity index (χ1) is 9.43. The molecule has 0 aliphatic carbocycles. The maximum atomic E-state index is 6.32. The number of nitrogens with one attached hydrogen (secondary N) is 1. The van der Waals surface area contributed by atoms with Gasteiger partial charge in [-0.3, -0.25) is 0 Å². The molecule has 1 aliphatic rings. The first kappa shape index (κ1) is 15.3. The third-order valence-corrected chi connectivity index (χ3v) is 4.21. The van der Waals surface area contributed by atoms with Gasteiger partial charge in [0.2, 0.25) is 0 Å². The zero-order chi connectivity index (χ0) is 14.9. The van der Waals surface area contributed by atoms with E-state index >= 15 is 0 Å². The van der Waals surface area contributed by atoms with Gasteiger partial charge in [-0.25, -0.2) is 0 Å². The summed E-state index contributed by atoms with van der Waals surface area (Å²) in [5.74, 6) is 1.06. The zero-order valence-corrected chi connectivity index (χ0v) is 13.6. The molecule has 0 radical (unpaired) electrons. The Morgan fingerprint density at radius 2 is 1.95 bits per heavy atom. The molecule has 20 heavy (non-hydrogen) atoms. The summed E-state index contributed by atoms with van der Waals surface area (Å²) in [5.41, 5.74) is 8.29. The molecule has 1 atom stereocenters. The van der Waals surface area contributed by atoms with Gasteiger partial charge >= 0.3 is 0 Å². The Balaban J connectivity index is 2.62. The molecule has 0 saturated heterocycles. The van der Waals surface area contributed by atoms with Gasteiger partial charge in [-0.1, -0.05) is 19.9 Å². The van der Waals surface area contributed by atoms with Crippen LogP contribution < -0.4 is 10.2 Å². The minimum Gasteiger partial charge on any atom is -0.487 e. The van der Waals surface area contributed by atoms with Crippen LogP contribution in [0.4, 0.5) is 0 Å². The van der Waals surface area contributed by atoms with E-state index < -0.39 is 0 Å². The molecule has 0 bridgehead atoms. The molecule has 1 aromatic carbocycles. The van der Waals surface area contributed by atoms with Crippen LogP contribution in [0, 0.1) is 6.92 Å². The van der Waals surface area contributed by atoms with Gasteiger partial charge in [-0.05, 0) is 50.3 Å². The van der Waals surface area contributed by atoms with Crippen molar-refractivity contribution < 1.29 is 9.57 Å². The lowest BCUT2D eigenvalue weighted by molar-refractivity contribution is 0.00213.